The predicted octanol–water partition coefficient (Wildman–Crippen LogP) is 2.52. The maximum Gasteiger partial charge on any atom is 0.276 e. The van der Waals surface area contributed by atoms with E-state index in [1.807, 2.05) is 19.2 Å². The molecule has 2 rings (SSSR count). The first kappa shape index (κ1) is 13.7. The fourth-order valence-corrected chi connectivity index (χ4v) is 2.52. The average molecular weight is 278 g/mol. The third-order valence-electron chi connectivity index (χ3n) is 2.70. The molecule has 2 aromatic rings. The van der Waals surface area contributed by atoms with Crippen LogP contribution in [0.2, 0.25) is 0 Å². The van der Waals surface area contributed by atoms with Crippen molar-refractivity contribution in [3.63, 3.8) is 0 Å². The number of anilines is 1. The summed E-state index contributed by atoms with van der Waals surface area (Å²) >= 11 is 1.52. The Morgan fingerprint density at radius 3 is 2.89 bits per heavy atom. The molecule has 0 saturated carbocycles. The van der Waals surface area contributed by atoms with E-state index in [2.05, 4.69) is 22.3 Å². The Labute approximate surface area is 116 Å². The summed E-state index contributed by atoms with van der Waals surface area (Å²) in [6.07, 6.45) is 1.05. The average Bonchev–Trinajstić information content (AvgIpc) is 2.87. The topological polar surface area (TPSA) is 59.8 Å². The molecule has 0 amide bonds. The number of nitrogens with zero attached hydrogens (tertiary/aromatic N) is 3. The molecule has 0 aliphatic rings. The van der Waals surface area contributed by atoms with Crippen LogP contribution in [0.5, 0.6) is 0 Å². The molecule has 0 bridgehead atoms. The van der Waals surface area contributed by atoms with E-state index in [9.17, 15) is 4.79 Å². The first-order valence-corrected chi connectivity index (χ1v) is 7.32. The summed E-state index contributed by atoms with van der Waals surface area (Å²) in [4.78, 5) is 16.7. The molecule has 0 spiro atoms. The van der Waals surface area contributed by atoms with E-state index in [0.717, 1.165) is 29.5 Å². The molecule has 2 heterocycles. The van der Waals surface area contributed by atoms with E-state index in [0.29, 0.717) is 12.1 Å². The maximum atomic E-state index is 12.2. The first-order valence-electron chi connectivity index (χ1n) is 6.44. The normalized spacial score (nSPS) is 10.7. The Morgan fingerprint density at radius 1 is 1.42 bits per heavy atom. The van der Waals surface area contributed by atoms with Crippen LogP contribution in [-0.2, 0) is 6.54 Å². The van der Waals surface area contributed by atoms with E-state index in [1.54, 1.807) is 6.07 Å². The van der Waals surface area contributed by atoms with Gasteiger partial charge in [-0.25, -0.2) is 9.67 Å². The minimum absolute atomic E-state index is 0.0829. The maximum absolute atomic E-state index is 12.2. The molecule has 2 aromatic heterocycles. The smallest absolute Gasteiger partial charge is 0.276 e. The second-order valence-electron chi connectivity index (χ2n) is 4.28. The van der Waals surface area contributed by atoms with Crippen molar-refractivity contribution in [2.45, 2.75) is 33.7 Å². The lowest BCUT2D eigenvalue weighted by atomic mass is 10.2. The van der Waals surface area contributed by atoms with Crippen LogP contribution >= 0.6 is 11.3 Å². The SMILES string of the molecule is CCCNc1nc(-c2cc(C)nn(CC)c2=O)cs1. The van der Waals surface area contributed by atoms with E-state index < -0.39 is 0 Å². The lowest BCUT2D eigenvalue weighted by Crippen LogP contribution is -2.24. The molecule has 102 valence electrons. The molecule has 1 N–H and O–H groups in total. The van der Waals surface area contributed by atoms with Crippen LogP contribution in [0.4, 0.5) is 5.13 Å². The number of nitrogens with one attached hydrogen (secondary N) is 1. The van der Waals surface area contributed by atoms with Gasteiger partial charge in [-0.15, -0.1) is 11.3 Å². The molecule has 0 aliphatic heterocycles. The summed E-state index contributed by atoms with van der Waals surface area (Å²) in [6, 6.07) is 1.80. The summed E-state index contributed by atoms with van der Waals surface area (Å²) in [6.45, 7) is 7.36. The third kappa shape index (κ3) is 3.01. The second-order valence-corrected chi connectivity index (χ2v) is 5.14. The summed E-state index contributed by atoms with van der Waals surface area (Å²) < 4.78 is 1.48. The molecular formula is C13H18N4OS. The molecule has 5 nitrogen and oxygen atoms in total. The van der Waals surface area contributed by atoms with Crippen LogP contribution in [-0.4, -0.2) is 21.3 Å². The first-order chi connectivity index (χ1) is 9.15. The number of hydrogen-bond acceptors (Lipinski definition) is 5. The van der Waals surface area contributed by atoms with Crippen LogP contribution < -0.4 is 10.9 Å². The number of rotatable bonds is 5. The zero-order valence-corrected chi connectivity index (χ0v) is 12.3. The van der Waals surface area contributed by atoms with Crippen molar-refractivity contribution in [1.82, 2.24) is 14.8 Å². The minimum Gasteiger partial charge on any atom is -0.362 e. The van der Waals surface area contributed by atoms with Gasteiger partial charge in [0.25, 0.3) is 5.56 Å². The largest absolute Gasteiger partial charge is 0.362 e. The molecule has 19 heavy (non-hydrogen) atoms. The van der Waals surface area contributed by atoms with Crippen molar-refractivity contribution in [3.05, 3.63) is 27.5 Å². The Balaban J connectivity index is 2.38. The van der Waals surface area contributed by atoms with Crippen LogP contribution in [0.1, 0.15) is 26.0 Å². The van der Waals surface area contributed by atoms with Gasteiger partial charge in [-0.2, -0.15) is 5.10 Å². The lowest BCUT2D eigenvalue weighted by Gasteiger charge is -2.04. The zero-order chi connectivity index (χ0) is 13.8. The van der Waals surface area contributed by atoms with Gasteiger partial charge in [-0.3, -0.25) is 4.79 Å². The molecular weight excluding hydrogens is 260 g/mol. The van der Waals surface area contributed by atoms with Crippen molar-refractivity contribution in [2.24, 2.45) is 0 Å². The number of hydrogen-bond donors (Lipinski definition) is 1. The molecule has 6 heteroatoms. The fraction of sp³-hybridized carbons (Fsp3) is 0.462. The van der Waals surface area contributed by atoms with Gasteiger partial charge in [0.15, 0.2) is 5.13 Å². The van der Waals surface area contributed by atoms with E-state index in [4.69, 9.17) is 0 Å². The Hall–Kier alpha value is -1.69. The van der Waals surface area contributed by atoms with Gasteiger partial charge in [-0.05, 0) is 26.3 Å². The standard InChI is InChI=1S/C13H18N4OS/c1-4-6-14-13-15-11(8-19-13)10-7-9(3)16-17(5-2)12(10)18/h7-8H,4-6H2,1-3H3,(H,14,15). The van der Waals surface area contributed by atoms with E-state index >= 15 is 0 Å². The highest BCUT2D eigenvalue weighted by molar-refractivity contribution is 7.14. The van der Waals surface area contributed by atoms with Gasteiger partial charge in [-0.1, -0.05) is 6.92 Å². The van der Waals surface area contributed by atoms with Gasteiger partial charge in [0.05, 0.1) is 17.0 Å². The highest BCUT2D eigenvalue weighted by Gasteiger charge is 2.11. The van der Waals surface area contributed by atoms with Gasteiger partial charge >= 0.3 is 0 Å². The van der Waals surface area contributed by atoms with E-state index in [1.165, 1.54) is 16.0 Å². The van der Waals surface area contributed by atoms with Crippen LogP contribution in [0, 0.1) is 6.92 Å². The summed E-state index contributed by atoms with van der Waals surface area (Å²) in [5.74, 6) is 0. The van der Waals surface area contributed by atoms with Crippen molar-refractivity contribution < 1.29 is 0 Å². The summed E-state index contributed by atoms with van der Waals surface area (Å²) in [7, 11) is 0. The van der Waals surface area contributed by atoms with Gasteiger partial charge in [0.2, 0.25) is 0 Å². The van der Waals surface area contributed by atoms with Crippen molar-refractivity contribution in [1.29, 1.82) is 0 Å². The Bertz CT molecular complexity index is 617. The highest BCUT2D eigenvalue weighted by atomic mass is 32.1. The molecule has 0 saturated heterocycles. The Kier molecular flexibility index (Phi) is 4.31. The summed E-state index contributed by atoms with van der Waals surface area (Å²) in [5, 5.41) is 10.2. The van der Waals surface area contributed by atoms with Crippen LogP contribution in [0.15, 0.2) is 16.2 Å². The predicted molar refractivity (Wildman–Crippen MR) is 78.8 cm³/mol. The van der Waals surface area contributed by atoms with Gasteiger partial charge in [0.1, 0.15) is 0 Å². The van der Waals surface area contributed by atoms with Crippen molar-refractivity contribution in [3.8, 4) is 11.3 Å². The monoisotopic (exact) mass is 278 g/mol. The van der Waals surface area contributed by atoms with Crippen LogP contribution in [0.3, 0.4) is 0 Å². The minimum atomic E-state index is -0.0829. The number of thiazole rings is 1. The van der Waals surface area contributed by atoms with Gasteiger partial charge < -0.3 is 5.32 Å². The molecule has 0 radical (unpaired) electrons. The fourth-order valence-electron chi connectivity index (χ4n) is 1.78. The summed E-state index contributed by atoms with van der Waals surface area (Å²) in [5.41, 5.74) is 2.09. The lowest BCUT2D eigenvalue weighted by molar-refractivity contribution is 0.607. The second kappa shape index (κ2) is 5.97. The van der Waals surface area contributed by atoms with Crippen molar-refractivity contribution >= 4 is 16.5 Å². The molecule has 0 fully saturated rings. The van der Waals surface area contributed by atoms with E-state index in [-0.39, 0.29) is 5.56 Å². The molecule has 0 atom stereocenters. The van der Waals surface area contributed by atoms with Crippen molar-refractivity contribution in [2.75, 3.05) is 11.9 Å². The molecule has 0 aromatic carbocycles. The molecule has 0 unspecified atom stereocenters. The number of aryl methyl sites for hydroxylation is 2. The quantitative estimate of drug-likeness (QED) is 0.913. The Morgan fingerprint density at radius 2 is 2.21 bits per heavy atom. The zero-order valence-electron chi connectivity index (χ0n) is 11.4. The third-order valence-corrected chi connectivity index (χ3v) is 3.50. The highest BCUT2D eigenvalue weighted by Crippen LogP contribution is 2.22. The molecule has 0 aliphatic carbocycles. The number of aromatic nitrogens is 3. The van der Waals surface area contributed by atoms with Gasteiger partial charge in [0, 0.05) is 18.5 Å². The van der Waals surface area contributed by atoms with Crippen LogP contribution in [0.25, 0.3) is 11.3 Å².